The molecule has 3 saturated heterocycles. The molecule has 7 nitrogen and oxygen atoms in total. The van der Waals surface area contributed by atoms with Crippen molar-refractivity contribution in [1.82, 2.24) is 15.0 Å². The Morgan fingerprint density at radius 2 is 2.08 bits per heavy atom. The zero-order valence-corrected chi connectivity index (χ0v) is 14.1. The molecule has 24 heavy (non-hydrogen) atoms. The Morgan fingerprint density at radius 3 is 2.83 bits per heavy atom. The van der Waals surface area contributed by atoms with Crippen molar-refractivity contribution in [2.75, 3.05) is 46.0 Å². The van der Waals surface area contributed by atoms with E-state index >= 15 is 0 Å². The number of carbonyl (C=O) groups excluding carboxylic acids is 1. The van der Waals surface area contributed by atoms with Crippen LogP contribution < -0.4 is 0 Å². The standard InChI is InChI=1S/C17H25N3O4/c1-12-9-14(18-24-12)17(21)20-10-13-3-2-6-23-16(13)15(11-20)19-4-7-22-8-5-19/h9,13,15-16H,2-8,10-11H2,1H3/t13-,15+,16-/m1/s1. The SMILES string of the molecule is Cc1cc(C(=O)N2C[C@H]3CCCO[C@H]3[C@@H](N3CCOCC3)C2)no1. The molecule has 1 aromatic rings. The molecule has 0 bridgehead atoms. The van der Waals surface area contributed by atoms with Crippen molar-refractivity contribution in [2.24, 2.45) is 5.92 Å². The second-order valence-electron chi connectivity index (χ2n) is 6.99. The van der Waals surface area contributed by atoms with E-state index in [1.165, 1.54) is 0 Å². The first-order valence-corrected chi connectivity index (χ1v) is 8.88. The Hall–Kier alpha value is -1.44. The highest BCUT2D eigenvalue weighted by Gasteiger charge is 2.43. The summed E-state index contributed by atoms with van der Waals surface area (Å²) in [6.45, 7) is 7.39. The van der Waals surface area contributed by atoms with Gasteiger partial charge in [0, 0.05) is 44.8 Å². The average molecular weight is 335 g/mol. The fourth-order valence-corrected chi connectivity index (χ4v) is 4.20. The van der Waals surface area contributed by atoms with E-state index in [0.717, 1.165) is 52.3 Å². The van der Waals surface area contributed by atoms with Gasteiger partial charge in [-0.25, -0.2) is 0 Å². The highest BCUT2D eigenvalue weighted by atomic mass is 16.5. The van der Waals surface area contributed by atoms with E-state index in [-0.39, 0.29) is 18.1 Å². The van der Waals surface area contributed by atoms with Crippen molar-refractivity contribution in [1.29, 1.82) is 0 Å². The first-order chi connectivity index (χ1) is 11.7. The lowest BCUT2D eigenvalue weighted by atomic mass is 9.84. The number of aromatic nitrogens is 1. The summed E-state index contributed by atoms with van der Waals surface area (Å²) in [4.78, 5) is 17.2. The van der Waals surface area contributed by atoms with Crippen LogP contribution in [0.3, 0.4) is 0 Å². The number of aryl methyl sites for hydroxylation is 1. The predicted octanol–water partition coefficient (Wildman–Crippen LogP) is 0.935. The Kier molecular flexibility index (Phi) is 4.56. The summed E-state index contributed by atoms with van der Waals surface area (Å²) in [5.41, 5.74) is 0.406. The molecule has 4 heterocycles. The molecule has 7 heteroatoms. The fourth-order valence-electron chi connectivity index (χ4n) is 4.20. The minimum Gasteiger partial charge on any atom is -0.379 e. The molecule has 0 unspecified atom stereocenters. The van der Waals surface area contributed by atoms with E-state index in [0.29, 0.717) is 23.9 Å². The Balaban J connectivity index is 1.54. The number of hydrogen-bond acceptors (Lipinski definition) is 6. The molecule has 3 aliphatic rings. The van der Waals surface area contributed by atoms with Crippen molar-refractivity contribution in [2.45, 2.75) is 31.9 Å². The number of amides is 1. The van der Waals surface area contributed by atoms with Crippen LogP contribution in [0.2, 0.25) is 0 Å². The Bertz CT molecular complexity index is 584. The number of ether oxygens (including phenoxy) is 2. The summed E-state index contributed by atoms with van der Waals surface area (Å²) in [5.74, 6) is 1.03. The molecule has 1 amide bonds. The van der Waals surface area contributed by atoms with Crippen molar-refractivity contribution in [3.8, 4) is 0 Å². The average Bonchev–Trinajstić information content (AvgIpc) is 3.07. The summed E-state index contributed by atoms with van der Waals surface area (Å²) >= 11 is 0. The molecule has 1 aromatic heterocycles. The van der Waals surface area contributed by atoms with Gasteiger partial charge < -0.3 is 18.9 Å². The van der Waals surface area contributed by atoms with Crippen molar-refractivity contribution < 1.29 is 18.8 Å². The van der Waals surface area contributed by atoms with Crippen molar-refractivity contribution >= 4 is 5.91 Å². The maximum absolute atomic E-state index is 12.8. The van der Waals surface area contributed by atoms with E-state index in [1.807, 2.05) is 11.8 Å². The molecule has 0 aromatic carbocycles. The quantitative estimate of drug-likeness (QED) is 0.801. The molecule has 0 aliphatic carbocycles. The van der Waals surface area contributed by atoms with Gasteiger partial charge in [0.2, 0.25) is 0 Å². The third-order valence-corrected chi connectivity index (χ3v) is 5.38. The van der Waals surface area contributed by atoms with Crippen LogP contribution in [0.15, 0.2) is 10.6 Å². The normalized spacial score (nSPS) is 31.7. The highest BCUT2D eigenvalue weighted by molar-refractivity contribution is 5.92. The molecule has 0 saturated carbocycles. The van der Waals surface area contributed by atoms with E-state index in [2.05, 4.69) is 10.1 Å². The maximum Gasteiger partial charge on any atom is 0.276 e. The summed E-state index contributed by atoms with van der Waals surface area (Å²) in [6, 6.07) is 1.96. The van der Waals surface area contributed by atoms with Gasteiger partial charge in [0.25, 0.3) is 5.91 Å². The summed E-state index contributed by atoms with van der Waals surface area (Å²) in [6.07, 6.45) is 2.41. The zero-order valence-electron chi connectivity index (χ0n) is 14.1. The number of nitrogens with zero attached hydrogens (tertiary/aromatic N) is 3. The summed E-state index contributed by atoms with van der Waals surface area (Å²) < 4.78 is 16.7. The van der Waals surface area contributed by atoms with Gasteiger partial charge in [0.05, 0.1) is 25.4 Å². The topological polar surface area (TPSA) is 68.0 Å². The van der Waals surface area contributed by atoms with E-state index in [4.69, 9.17) is 14.0 Å². The highest BCUT2D eigenvalue weighted by Crippen LogP contribution is 2.32. The number of hydrogen-bond donors (Lipinski definition) is 0. The third kappa shape index (κ3) is 3.08. The molecule has 0 spiro atoms. The molecule has 4 rings (SSSR count). The summed E-state index contributed by atoms with van der Waals surface area (Å²) in [7, 11) is 0. The van der Waals surface area contributed by atoms with Crippen LogP contribution in [0.4, 0.5) is 0 Å². The van der Waals surface area contributed by atoms with Gasteiger partial charge in [0.15, 0.2) is 5.69 Å². The van der Waals surface area contributed by atoms with Crippen molar-refractivity contribution in [3.05, 3.63) is 17.5 Å². The van der Waals surface area contributed by atoms with Crippen LogP contribution in [0.5, 0.6) is 0 Å². The van der Waals surface area contributed by atoms with Gasteiger partial charge >= 0.3 is 0 Å². The lowest BCUT2D eigenvalue weighted by molar-refractivity contribution is -0.121. The minimum atomic E-state index is -0.0332. The van der Waals surface area contributed by atoms with Gasteiger partial charge in [-0.05, 0) is 19.8 Å². The number of fused-ring (bicyclic) bond motifs is 1. The fraction of sp³-hybridized carbons (Fsp3) is 0.765. The smallest absolute Gasteiger partial charge is 0.276 e. The molecule has 0 radical (unpaired) electrons. The zero-order chi connectivity index (χ0) is 16.5. The molecule has 3 fully saturated rings. The van der Waals surface area contributed by atoms with Gasteiger partial charge in [-0.2, -0.15) is 0 Å². The number of piperidine rings is 1. The third-order valence-electron chi connectivity index (χ3n) is 5.38. The number of carbonyl (C=O) groups is 1. The first kappa shape index (κ1) is 16.1. The van der Waals surface area contributed by atoms with E-state index < -0.39 is 0 Å². The lowest BCUT2D eigenvalue weighted by Gasteiger charge is -2.50. The van der Waals surface area contributed by atoms with E-state index in [9.17, 15) is 4.79 Å². The lowest BCUT2D eigenvalue weighted by Crippen LogP contribution is -2.63. The van der Waals surface area contributed by atoms with Gasteiger partial charge in [-0.15, -0.1) is 0 Å². The van der Waals surface area contributed by atoms with Crippen LogP contribution in [-0.4, -0.2) is 79.0 Å². The second-order valence-corrected chi connectivity index (χ2v) is 6.99. The maximum atomic E-state index is 12.8. The minimum absolute atomic E-state index is 0.0332. The van der Waals surface area contributed by atoms with Crippen LogP contribution in [0.25, 0.3) is 0 Å². The molecule has 3 aliphatic heterocycles. The number of morpholine rings is 1. The van der Waals surface area contributed by atoms with Crippen LogP contribution >= 0.6 is 0 Å². The van der Waals surface area contributed by atoms with Crippen molar-refractivity contribution in [3.63, 3.8) is 0 Å². The Morgan fingerprint density at radius 1 is 1.25 bits per heavy atom. The molecular formula is C17H25N3O4. The van der Waals surface area contributed by atoms with Crippen LogP contribution in [0.1, 0.15) is 29.1 Å². The number of likely N-dealkylation sites (tertiary alicyclic amines) is 1. The number of rotatable bonds is 2. The predicted molar refractivity (Wildman–Crippen MR) is 85.8 cm³/mol. The second kappa shape index (κ2) is 6.82. The Labute approximate surface area is 141 Å². The van der Waals surface area contributed by atoms with Gasteiger partial charge in [-0.3, -0.25) is 9.69 Å². The largest absolute Gasteiger partial charge is 0.379 e. The molecule has 132 valence electrons. The summed E-state index contributed by atoms with van der Waals surface area (Å²) in [5, 5.41) is 3.90. The van der Waals surface area contributed by atoms with Crippen LogP contribution in [-0.2, 0) is 9.47 Å². The first-order valence-electron chi connectivity index (χ1n) is 8.88. The molecule has 0 N–H and O–H groups in total. The molecular weight excluding hydrogens is 310 g/mol. The van der Waals surface area contributed by atoms with E-state index in [1.54, 1.807) is 6.07 Å². The van der Waals surface area contributed by atoms with Gasteiger partial charge in [0.1, 0.15) is 5.76 Å². The molecule has 3 atom stereocenters. The monoisotopic (exact) mass is 335 g/mol. The van der Waals surface area contributed by atoms with Gasteiger partial charge in [-0.1, -0.05) is 5.16 Å². The van der Waals surface area contributed by atoms with Crippen LogP contribution in [0, 0.1) is 12.8 Å².